The highest BCUT2D eigenvalue weighted by Gasteiger charge is 2.24. The summed E-state index contributed by atoms with van der Waals surface area (Å²) in [4.78, 5) is 11.9. The predicted molar refractivity (Wildman–Crippen MR) is 88.9 cm³/mol. The number of carbonyl (C=O) groups excluding carboxylic acids is 1. The minimum Gasteiger partial charge on any atom is -0.462 e. The van der Waals surface area contributed by atoms with Crippen molar-refractivity contribution >= 4 is 5.97 Å². The summed E-state index contributed by atoms with van der Waals surface area (Å²) >= 11 is 0. The van der Waals surface area contributed by atoms with Gasteiger partial charge in [-0.25, -0.2) is 0 Å². The van der Waals surface area contributed by atoms with Crippen LogP contribution in [0.5, 0.6) is 0 Å². The van der Waals surface area contributed by atoms with Gasteiger partial charge in [0.2, 0.25) is 0 Å². The van der Waals surface area contributed by atoms with Crippen molar-refractivity contribution in [2.24, 2.45) is 5.92 Å². The molecule has 0 amide bonds. The second-order valence-electron chi connectivity index (χ2n) is 6.76. The lowest BCUT2D eigenvalue weighted by Gasteiger charge is -2.25. The first-order valence-electron chi connectivity index (χ1n) is 8.15. The molecule has 1 aliphatic rings. The molecule has 0 spiro atoms. The van der Waals surface area contributed by atoms with Gasteiger partial charge in [-0.2, -0.15) is 0 Å². The van der Waals surface area contributed by atoms with Crippen LogP contribution < -0.4 is 0 Å². The number of methoxy groups -OCH3 is 1. The maximum absolute atomic E-state index is 11.9. The van der Waals surface area contributed by atoms with Gasteiger partial charge in [-0.3, -0.25) is 4.79 Å². The molecule has 1 rings (SSSR count). The van der Waals surface area contributed by atoms with E-state index in [2.05, 4.69) is 0 Å². The van der Waals surface area contributed by atoms with E-state index < -0.39 is 11.7 Å². The Morgan fingerprint density at radius 2 is 2.04 bits per heavy atom. The van der Waals surface area contributed by atoms with Crippen LogP contribution in [0.15, 0.2) is 23.8 Å². The van der Waals surface area contributed by atoms with Gasteiger partial charge in [0.15, 0.2) is 0 Å². The Hall–Kier alpha value is -1.17. The van der Waals surface area contributed by atoms with Crippen molar-refractivity contribution in [3.8, 4) is 0 Å². The van der Waals surface area contributed by atoms with Crippen molar-refractivity contribution < 1.29 is 24.5 Å². The lowest BCUT2D eigenvalue weighted by atomic mass is 9.94. The molecule has 0 fully saturated rings. The molecule has 23 heavy (non-hydrogen) atoms. The molecule has 132 valence electrons. The third-order valence-electron chi connectivity index (χ3n) is 4.36. The van der Waals surface area contributed by atoms with Gasteiger partial charge in [0.1, 0.15) is 6.10 Å². The molecule has 2 N–H and O–H groups in total. The molecular formula is C18H30O5. The highest BCUT2D eigenvalue weighted by Crippen LogP contribution is 2.21. The first-order chi connectivity index (χ1) is 10.6. The number of cyclic esters (lactones) is 1. The Balaban J connectivity index is 3.04. The van der Waals surface area contributed by atoms with Crippen molar-refractivity contribution in [1.82, 2.24) is 0 Å². The van der Waals surface area contributed by atoms with Crippen molar-refractivity contribution in [3.63, 3.8) is 0 Å². The van der Waals surface area contributed by atoms with E-state index >= 15 is 0 Å². The molecule has 0 saturated heterocycles. The third kappa shape index (κ3) is 6.85. The van der Waals surface area contributed by atoms with E-state index in [1.807, 2.05) is 20.8 Å². The van der Waals surface area contributed by atoms with Gasteiger partial charge in [0.25, 0.3) is 0 Å². The van der Waals surface area contributed by atoms with Crippen LogP contribution in [0.3, 0.4) is 0 Å². The smallest absolute Gasteiger partial charge is 0.306 e. The maximum Gasteiger partial charge on any atom is 0.306 e. The van der Waals surface area contributed by atoms with Crippen LogP contribution in [0.2, 0.25) is 0 Å². The normalized spacial score (nSPS) is 37.7. The molecule has 5 atom stereocenters. The SMILES string of the molecule is COC1C=CC(C)(O)CCC(=O)OC(C)C(C)CC(O)C=C1C. The van der Waals surface area contributed by atoms with E-state index in [4.69, 9.17) is 9.47 Å². The second-order valence-corrected chi connectivity index (χ2v) is 6.76. The molecule has 0 aromatic rings. The van der Waals surface area contributed by atoms with Crippen LogP contribution in [-0.4, -0.2) is 47.2 Å². The summed E-state index contributed by atoms with van der Waals surface area (Å²) in [6, 6.07) is 0. The van der Waals surface area contributed by atoms with Crippen LogP contribution >= 0.6 is 0 Å². The zero-order chi connectivity index (χ0) is 17.6. The van der Waals surface area contributed by atoms with Crippen molar-refractivity contribution in [3.05, 3.63) is 23.8 Å². The van der Waals surface area contributed by atoms with Gasteiger partial charge >= 0.3 is 5.97 Å². The van der Waals surface area contributed by atoms with Crippen LogP contribution in [0.1, 0.15) is 47.0 Å². The fraction of sp³-hybridized carbons (Fsp3) is 0.722. The summed E-state index contributed by atoms with van der Waals surface area (Å²) in [5, 5.41) is 20.6. The number of aliphatic hydroxyl groups is 2. The molecular weight excluding hydrogens is 296 g/mol. The summed E-state index contributed by atoms with van der Waals surface area (Å²) in [6.07, 6.45) is 4.83. The summed E-state index contributed by atoms with van der Waals surface area (Å²) in [7, 11) is 1.58. The molecule has 0 saturated carbocycles. The number of hydrogen-bond acceptors (Lipinski definition) is 5. The lowest BCUT2D eigenvalue weighted by molar-refractivity contribution is -0.152. The van der Waals surface area contributed by atoms with E-state index in [1.165, 1.54) is 0 Å². The summed E-state index contributed by atoms with van der Waals surface area (Å²) in [6.45, 7) is 7.31. The fourth-order valence-corrected chi connectivity index (χ4v) is 2.57. The Bertz CT molecular complexity index is 452. The Morgan fingerprint density at radius 1 is 1.39 bits per heavy atom. The van der Waals surface area contributed by atoms with Gasteiger partial charge in [-0.05, 0) is 45.1 Å². The Kier molecular flexibility index (Phi) is 7.45. The van der Waals surface area contributed by atoms with E-state index in [0.29, 0.717) is 6.42 Å². The second kappa shape index (κ2) is 8.62. The van der Waals surface area contributed by atoms with E-state index in [1.54, 1.807) is 32.3 Å². The monoisotopic (exact) mass is 326 g/mol. The van der Waals surface area contributed by atoms with Crippen molar-refractivity contribution in [2.45, 2.75) is 70.9 Å². The largest absolute Gasteiger partial charge is 0.462 e. The molecule has 1 heterocycles. The minimum atomic E-state index is -1.12. The van der Waals surface area contributed by atoms with E-state index in [9.17, 15) is 15.0 Å². The average Bonchev–Trinajstić information content (AvgIpc) is 2.44. The van der Waals surface area contributed by atoms with Gasteiger partial charge in [0.05, 0.1) is 17.8 Å². The number of ether oxygens (including phenoxy) is 2. The van der Waals surface area contributed by atoms with Gasteiger partial charge in [0, 0.05) is 13.5 Å². The first-order valence-corrected chi connectivity index (χ1v) is 8.15. The van der Waals surface area contributed by atoms with Crippen LogP contribution in [0, 0.1) is 5.92 Å². The maximum atomic E-state index is 11.9. The lowest BCUT2D eigenvalue weighted by Crippen LogP contribution is -2.28. The van der Waals surface area contributed by atoms with Crippen LogP contribution in [-0.2, 0) is 14.3 Å². The third-order valence-corrected chi connectivity index (χ3v) is 4.36. The number of rotatable bonds is 1. The number of esters is 1. The first kappa shape index (κ1) is 19.9. The highest BCUT2D eigenvalue weighted by atomic mass is 16.5. The Morgan fingerprint density at radius 3 is 2.65 bits per heavy atom. The molecule has 0 bridgehead atoms. The van der Waals surface area contributed by atoms with Crippen LogP contribution in [0.25, 0.3) is 0 Å². The van der Waals surface area contributed by atoms with Gasteiger partial charge in [-0.1, -0.05) is 25.2 Å². The standard InChI is InChI=1S/C18H30O5/c1-12-10-15(19)11-13(2)16(22-5)6-8-18(4,21)9-7-17(20)23-14(12)3/h6,8,11-12,14-16,19,21H,7,9-10H2,1-5H3. The average molecular weight is 326 g/mol. The Labute approximate surface area is 139 Å². The fourth-order valence-electron chi connectivity index (χ4n) is 2.57. The molecule has 5 unspecified atom stereocenters. The summed E-state index contributed by atoms with van der Waals surface area (Å²) in [5.74, 6) is -0.308. The van der Waals surface area contributed by atoms with Crippen LogP contribution in [0.4, 0.5) is 0 Å². The summed E-state index contributed by atoms with van der Waals surface area (Å²) < 4.78 is 10.8. The molecule has 5 heteroatoms. The zero-order valence-corrected chi connectivity index (χ0v) is 14.8. The summed E-state index contributed by atoms with van der Waals surface area (Å²) in [5.41, 5.74) is -0.242. The molecule has 0 aromatic heterocycles. The van der Waals surface area contributed by atoms with E-state index in [-0.39, 0.29) is 36.9 Å². The predicted octanol–water partition coefficient (Wildman–Crippen LogP) is 2.37. The molecule has 0 radical (unpaired) electrons. The quantitative estimate of drug-likeness (QED) is 0.571. The van der Waals surface area contributed by atoms with E-state index in [0.717, 1.165) is 5.57 Å². The van der Waals surface area contributed by atoms with Gasteiger partial charge in [-0.15, -0.1) is 0 Å². The minimum absolute atomic E-state index is 0.0259. The highest BCUT2D eigenvalue weighted by molar-refractivity contribution is 5.69. The topological polar surface area (TPSA) is 76.0 Å². The number of aliphatic hydroxyl groups excluding tert-OH is 1. The molecule has 1 aliphatic heterocycles. The number of carbonyl (C=O) groups is 1. The van der Waals surface area contributed by atoms with Crippen molar-refractivity contribution in [1.29, 1.82) is 0 Å². The number of hydrogen-bond donors (Lipinski definition) is 2. The van der Waals surface area contributed by atoms with Gasteiger partial charge < -0.3 is 19.7 Å². The zero-order valence-electron chi connectivity index (χ0n) is 14.8. The van der Waals surface area contributed by atoms with Crippen molar-refractivity contribution in [2.75, 3.05) is 7.11 Å². The molecule has 0 aliphatic carbocycles. The molecule has 0 aromatic carbocycles. The molecule has 5 nitrogen and oxygen atoms in total.